The monoisotopic (exact) mass is 786 g/mol. The molecule has 2 heterocycles. The summed E-state index contributed by atoms with van der Waals surface area (Å²) in [5.41, 5.74) is 10.7. The number of aromatic nitrogens is 4. The average molecular weight is 787 g/mol. The highest BCUT2D eigenvalue weighted by molar-refractivity contribution is 5.68. The van der Waals surface area contributed by atoms with Gasteiger partial charge < -0.3 is 24.0 Å². The molecule has 2 aromatic heterocycles. The molecule has 0 aliphatic heterocycles. The summed E-state index contributed by atoms with van der Waals surface area (Å²) in [6.45, 7) is 14.0. The second-order valence-corrected chi connectivity index (χ2v) is 16.2. The maximum Gasteiger partial charge on any atom is 0.258 e. The van der Waals surface area contributed by atoms with Crippen molar-refractivity contribution in [2.45, 2.75) is 84.8 Å². The minimum atomic E-state index is -0.0433. The number of nitrogens with zero attached hydrogens (tertiary/aromatic N) is 7. The van der Waals surface area contributed by atoms with Crippen molar-refractivity contribution in [1.29, 1.82) is 10.5 Å². The molecule has 59 heavy (non-hydrogen) atoms. The topological polar surface area (TPSA) is 150 Å². The van der Waals surface area contributed by atoms with Gasteiger partial charge in [-0.2, -0.15) is 20.5 Å². The van der Waals surface area contributed by atoms with Gasteiger partial charge in [-0.25, -0.2) is 0 Å². The van der Waals surface area contributed by atoms with Gasteiger partial charge in [0.25, 0.3) is 11.8 Å². The first-order valence-corrected chi connectivity index (χ1v) is 20.9. The van der Waals surface area contributed by atoms with Crippen LogP contribution in [0.2, 0.25) is 0 Å². The van der Waals surface area contributed by atoms with Gasteiger partial charge in [0.1, 0.15) is 11.8 Å². The van der Waals surface area contributed by atoms with Crippen molar-refractivity contribution >= 4 is 0 Å². The highest BCUT2D eigenvalue weighted by Gasteiger charge is 2.28. The van der Waals surface area contributed by atoms with Gasteiger partial charge in [-0.05, 0) is 117 Å². The maximum atomic E-state index is 10.4. The molecule has 300 valence electrons. The van der Waals surface area contributed by atoms with E-state index in [4.69, 9.17) is 23.8 Å². The molecule has 1 N–H and O–H groups in total. The fourth-order valence-corrected chi connectivity index (χ4v) is 8.74. The molecule has 6 aromatic rings. The molecule has 2 unspecified atom stereocenters. The van der Waals surface area contributed by atoms with E-state index in [1.54, 1.807) is 12.1 Å². The van der Waals surface area contributed by atoms with Gasteiger partial charge in [0.05, 0.1) is 23.3 Å². The summed E-state index contributed by atoms with van der Waals surface area (Å²) in [4.78, 5) is 12.0. The molecular weight excluding hydrogens is 737 g/mol. The van der Waals surface area contributed by atoms with Crippen molar-refractivity contribution in [3.63, 3.8) is 0 Å². The van der Waals surface area contributed by atoms with Gasteiger partial charge in [-0.1, -0.05) is 73.5 Å². The molecule has 4 aromatic carbocycles. The van der Waals surface area contributed by atoms with Gasteiger partial charge >= 0.3 is 0 Å². The number of likely N-dealkylation sites (N-methyl/N-ethyl adjacent to an activating group) is 1. The summed E-state index contributed by atoms with van der Waals surface area (Å²) in [6, 6.07) is 28.9. The number of hydrogen-bond donors (Lipinski definition) is 1. The van der Waals surface area contributed by atoms with Gasteiger partial charge in [-0.3, -0.25) is 0 Å². The molecule has 2 aliphatic rings. The van der Waals surface area contributed by atoms with Crippen LogP contribution in [0.25, 0.3) is 45.7 Å². The Morgan fingerprint density at radius 2 is 1.49 bits per heavy atom. The van der Waals surface area contributed by atoms with Gasteiger partial charge in [0.2, 0.25) is 11.6 Å². The number of nitrogens with one attached hydrogen (secondary N) is 1. The summed E-state index contributed by atoms with van der Waals surface area (Å²) in [6.07, 6.45) is 5.11. The van der Waals surface area contributed by atoms with Crippen LogP contribution in [0.1, 0.15) is 98.4 Å². The zero-order valence-electron chi connectivity index (χ0n) is 34.5. The van der Waals surface area contributed by atoms with Crippen molar-refractivity contribution in [3.05, 3.63) is 112 Å². The van der Waals surface area contributed by atoms with Crippen LogP contribution >= 0.6 is 0 Å². The normalized spacial score (nSPS) is 15.1. The number of hydrogen-bond acceptors (Lipinski definition) is 11. The quantitative estimate of drug-likeness (QED) is 0.106. The standard InChI is InChI=1S/C48H50N8O3/c1-6-56(28-42(29(2)3)37-18-16-32(24-34(37)26-49)47-52-45(54-58-47)40-14-8-11-31-10-7-12-36(31)40)23-22-51-43-20-19-38-39(43)13-9-15-41(38)46-53-48(59-55-46)33-17-21-44(57-30(4)5)35(25-33)27-50/h8-9,11,13-18,21,24-25,29-30,42-43,51H,6-7,10,12,19-20,22-23,28H2,1-5H3. The lowest BCUT2D eigenvalue weighted by Crippen LogP contribution is -2.37. The molecule has 0 amide bonds. The van der Waals surface area contributed by atoms with Crippen LogP contribution in [0, 0.1) is 28.6 Å². The van der Waals surface area contributed by atoms with Crippen molar-refractivity contribution in [2.75, 3.05) is 26.2 Å². The molecule has 0 spiro atoms. The second-order valence-electron chi connectivity index (χ2n) is 16.2. The van der Waals surface area contributed by atoms with Crippen LogP contribution in [0.4, 0.5) is 0 Å². The van der Waals surface area contributed by atoms with Gasteiger partial charge in [0, 0.05) is 53.8 Å². The number of rotatable bonds is 15. The lowest BCUT2D eigenvalue weighted by Gasteiger charge is -2.30. The Hall–Kier alpha value is -6.14. The summed E-state index contributed by atoms with van der Waals surface area (Å²) < 4.78 is 17.2. The predicted octanol–water partition coefficient (Wildman–Crippen LogP) is 9.48. The minimum absolute atomic E-state index is 0.0433. The third kappa shape index (κ3) is 8.27. The molecule has 0 saturated carbocycles. The van der Waals surface area contributed by atoms with Crippen molar-refractivity contribution in [1.82, 2.24) is 30.5 Å². The first-order valence-electron chi connectivity index (χ1n) is 20.9. The molecule has 11 heteroatoms. The molecular formula is C48H50N8O3. The average Bonchev–Trinajstić information content (AvgIpc) is 4.09. The lowest BCUT2D eigenvalue weighted by atomic mass is 9.84. The van der Waals surface area contributed by atoms with Crippen molar-refractivity contribution in [2.24, 2.45) is 5.92 Å². The van der Waals surface area contributed by atoms with E-state index in [1.807, 2.05) is 32.0 Å². The number of fused-ring (bicyclic) bond motifs is 2. The Labute approximate surface area is 346 Å². The Morgan fingerprint density at radius 1 is 0.814 bits per heavy atom. The molecule has 11 nitrogen and oxygen atoms in total. The molecule has 2 atom stereocenters. The Morgan fingerprint density at radius 3 is 2.17 bits per heavy atom. The fraction of sp³-hybridized carbons (Fsp3) is 0.375. The number of ether oxygens (including phenoxy) is 1. The van der Waals surface area contributed by atoms with Gasteiger partial charge in [0.15, 0.2) is 0 Å². The highest BCUT2D eigenvalue weighted by atomic mass is 16.5. The molecule has 0 radical (unpaired) electrons. The van der Waals surface area contributed by atoms with Crippen LogP contribution in [0.5, 0.6) is 5.75 Å². The van der Waals surface area contributed by atoms with E-state index in [1.165, 1.54) is 22.3 Å². The SMILES string of the molecule is CCN(CCNC1CCc2c(-c3noc(-c4ccc(OC(C)C)c(C#N)c4)n3)cccc21)CC(c1ccc(-c2nc(-c3cccc4c3CCC4)no2)cc1C#N)C(C)C. The molecule has 8 rings (SSSR count). The largest absolute Gasteiger partial charge is 0.490 e. The number of nitriles is 2. The Bertz CT molecular complexity index is 2540. The van der Waals surface area contributed by atoms with E-state index in [0.717, 1.165) is 80.5 Å². The van der Waals surface area contributed by atoms with E-state index in [0.29, 0.717) is 51.8 Å². The lowest BCUT2D eigenvalue weighted by molar-refractivity contribution is 0.241. The van der Waals surface area contributed by atoms with Crippen LogP contribution in [-0.4, -0.2) is 57.5 Å². The van der Waals surface area contributed by atoms with Crippen molar-refractivity contribution in [3.8, 4) is 63.6 Å². The Kier molecular flexibility index (Phi) is 11.7. The van der Waals surface area contributed by atoms with Gasteiger partial charge in [-0.15, -0.1) is 0 Å². The molecule has 0 fully saturated rings. The summed E-state index contributed by atoms with van der Waals surface area (Å²) in [5, 5.41) is 32.6. The second kappa shape index (κ2) is 17.4. The molecule has 2 aliphatic carbocycles. The van der Waals surface area contributed by atoms with E-state index in [-0.39, 0.29) is 18.1 Å². The van der Waals surface area contributed by atoms with E-state index in [9.17, 15) is 10.5 Å². The summed E-state index contributed by atoms with van der Waals surface area (Å²) >= 11 is 0. The first kappa shape index (κ1) is 39.7. The fourth-order valence-electron chi connectivity index (χ4n) is 8.74. The molecule has 0 bridgehead atoms. The highest BCUT2D eigenvalue weighted by Crippen LogP contribution is 2.38. The van der Waals surface area contributed by atoms with E-state index in [2.05, 4.69) is 95.9 Å². The zero-order chi connectivity index (χ0) is 41.0. The third-order valence-corrected chi connectivity index (χ3v) is 11.8. The van der Waals surface area contributed by atoms with Crippen LogP contribution < -0.4 is 10.1 Å². The summed E-state index contributed by atoms with van der Waals surface area (Å²) in [7, 11) is 0. The smallest absolute Gasteiger partial charge is 0.258 e. The maximum absolute atomic E-state index is 10.4. The third-order valence-electron chi connectivity index (χ3n) is 11.8. The summed E-state index contributed by atoms with van der Waals surface area (Å²) in [5.74, 6) is 2.95. The van der Waals surface area contributed by atoms with Crippen LogP contribution in [0.3, 0.4) is 0 Å². The van der Waals surface area contributed by atoms with Crippen molar-refractivity contribution < 1.29 is 13.8 Å². The van der Waals surface area contributed by atoms with Crippen LogP contribution in [-0.2, 0) is 19.3 Å². The van der Waals surface area contributed by atoms with E-state index >= 15 is 0 Å². The predicted molar refractivity (Wildman–Crippen MR) is 226 cm³/mol. The van der Waals surface area contributed by atoms with E-state index < -0.39 is 0 Å². The molecule has 0 saturated heterocycles. The zero-order valence-corrected chi connectivity index (χ0v) is 34.5. The van der Waals surface area contributed by atoms with Crippen LogP contribution in [0.15, 0.2) is 81.8 Å². The Balaban J connectivity index is 0.917. The minimum Gasteiger partial charge on any atom is -0.490 e. The number of aryl methyl sites for hydroxylation is 1. The first-order chi connectivity index (χ1) is 28.7. The number of benzene rings is 4.